The molecule has 1 unspecified atom stereocenters. The third-order valence-electron chi connectivity index (χ3n) is 2.84. The Labute approximate surface area is 106 Å². The highest BCUT2D eigenvalue weighted by atomic mass is 32.1. The van der Waals surface area contributed by atoms with Gasteiger partial charge in [0.25, 0.3) is 0 Å². The molecule has 98 valence electrons. The van der Waals surface area contributed by atoms with E-state index in [1.54, 1.807) is 0 Å². The van der Waals surface area contributed by atoms with Crippen LogP contribution >= 0.6 is 12.6 Å². The molecule has 0 aliphatic carbocycles. The van der Waals surface area contributed by atoms with Crippen LogP contribution in [0.2, 0.25) is 0 Å². The van der Waals surface area contributed by atoms with Gasteiger partial charge in [-0.2, -0.15) is 12.6 Å². The molecule has 1 saturated heterocycles. The number of rotatable bonds is 2. The number of carbonyl (C=O) groups excluding carboxylic acids is 1. The lowest BCUT2D eigenvalue weighted by atomic mass is 10.1. The molecule has 1 atom stereocenters. The van der Waals surface area contributed by atoms with Crippen LogP contribution in [0.5, 0.6) is 0 Å². The molecular formula is C11H9F4NOS. The Balaban J connectivity index is 2.43. The van der Waals surface area contributed by atoms with E-state index < -0.39 is 34.9 Å². The van der Waals surface area contributed by atoms with Crippen molar-refractivity contribution in [3.05, 3.63) is 29.3 Å². The minimum atomic E-state index is -1.91. The number of benzene rings is 1. The predicted octanol–water partition coefficient (Wildman–Crippen LogP) is 2.53. The van der Waals surface area contributed by atoms with Gasteiger partial charge >= 0.3 is 0 Å². The summed E-state index contributed by atoms with van der Waals surface area (Å²) >= 11 is 4.01. The molecule has 0 spiro atoms. The molecule has 1 aromatic rings. The Morgan fingerprint density at radius 2 is 1.89 bits per heavy atom. The van der Waals surface area contributed by atoms with Gasteiger partial charge in [0.05, 0.1) is 5.69 Å². The van der Waals surface area contributed by atoms with Crippen molar-refractivity contribution in [1.82, 2.24) is 0 Å². The van der Waals surface area contributed by atoms with E-state index >= 15 is 0 Å². The van der Waals surface area contributed by atoms with Crippen LogP contribution in [0.3, 0.4) is 0 Å². The summed E-state index contributed by atoms with van der Waals surface area (Å²) in [5, 5.41) is 0. The summed E-state index contributed by atoms with van der Waals surface area (Å²) in [7, 11) is 0. The molecule has 1 heterocycles. The van der Waals surface area contributed by atoms with Gasteiger partial charge in [-0.1, -0.05) is 0 Å². The molecule has 0 N–H and O–H groups in total. The van der Waals surface area contributed by atoms with Crippen molar-refractivity contribution in [2.75, 3.05) is 17.2 Å². The van der Waals surface area contributed by atoms with Gasteiger partial charge in [0.15, 0.2) is 23.3 Å². The lowest BCUT2D eigenvalue weighted by molar-refractivity contribution is -0.117. The second kappa shape index (κ2) is 4.79. The van der Waals surface area contributed by atoms with Crippen LogP contribution in [0.25, 0.3) is 0 Å². The highest BCUT2D eigenvalue weighted by Crippen LogP contribution is 2.31. The molecule has 7 heteroatoms. The fraction of sp³-hybridized carbons (Fsp3) is 0.364. The van der Waals surface area contributed by atoms with Crippen LogP contribution in [0.15, 0.2) is 6.07 Å². The van der Waals surface area contributed by atoms with E-state index in [4.69, 9.17) is 0 Å². The van der Waals surface area contributed by atoms with Crippen LogP contribution in [-0.4, -0.2) is 18.2 Å². The average Bonchev–Trinajstić information content (AvgIpc) is 2.72. The predicted molar refractivity (Wildman–Crippen MR) is 60.6 cm³/mol. The summed E-state index contributed by atoms with van der Waals surface area (Å²) in [5.41, 5.74) is -0.569. The van der Waals surface area contributed by atoms with E-state index in [9.17, 15) is 22.4 Å². The van der Waals surface area contributed by atoms with Crippen molar-refractivity contribution in [3.63, 3.8) is 0 Å². The molecule has 1 fully saturated rings. The van der Waals surface area contributed by atoms with Gasteiger partial charge in [0, 0.05) is 19.0 Å². The highest BCUT2D eigenvalue weighted by Gasteiger charge is 2.33. The van der Waals surface area contributed by atoms with Crippen LogP contribution in [-0.2, 0) is 4.79 Å². The SMILES string of the molecule is O=C1CC(CS)CN1c1cc(F)c(F)c(F)c1F. The second-order valence-corrected chi connectivity index (χ2v) is 4.44. The summed E-state index contributed by atoms with van der Waals surface area (Å²) in [6.07, 6.45) is 0.129. The number of hydrogen-bond acceptors (Lipinski definition) is 2. The summed E-state index contributed by atoms with van der Waals surface area (Å²) in [6.45, 7) is 0.115. The van der Waals surface area contributed by atoms with Gasteiger partial charge in [-0.25, -0.2) is 17.6 Å². The van der Waals surface area contributed by atoms with E-state index in [1.165, 1.54) is 0 Å². The first-order valence-corrected chi connectivity index (χ1v) is 5.83. The van der Waals surface area contributed by atoms with Crippen molar-refractivity contribution < 1.29 is 22.4 Å². The van der Waals surface area contributed by atoms with E-state index in [1.807, 2.05) is 0 Å². The van der Waals surface area contributed by atoms with Crippen molar-refractivity contribution >= 4 is 24.2 Å². The minimum Gasteiger partial charge on any atom is -0.309 e. The molecule has 0 bridgehead atoms. The van der Waals surface area contributed by atoms with E-state index in [-0.39, 0.29) is 18.9 Å². The Morgan fingerprint density at radius 1 is 1.22 bits per heavy atom. The molecule has 1 aliphatic heterocycles. The first-order chi connectivity index (χ1) is 8.45. The topological polar surface area (TPSA) is 20.3 Å². The Bertz CT molecular complexity index is 508. The minimum absolute atomic E-state index is 0.114. The number of anilines is 1. The zero-order valence-electron chi connectivity index (χ0n) is 9.09. The number of thiol groups is 1. The molecule has 1 amide bonds. The maximum atomic E-state index is 13.5. The Hall–Kier alpha value is -1.24. The smallest absolute Gasteiger partial charge is 0.227 e. The fourth-order valence-corrected chi connectivity index (χ4v) is 2.14. The van der Waals surface area contributed by atoms with Crippen LogP contribution in [0.4, 0.5) is 23.2 Å². The zero-order chi connectivity index (χ0) is 13.4. The summed E-state index contributed by atoms with van der Waals surface area (Å²) in [6, 6.07) is 0.493. The molecule has 18 heavy (non-hydrogen) atoms. The number of halogens is 4. The van der Waals surface area contributed by atoms with Gasteiger partial charge < -0.3 is 4.90 Å². The quantitative estimate of drug-likeness (QED) is 0.382. The fourth-order valence-electron chi connectivity index (χ4n) is 1.89. The summed E-state index contributed by atoms with van der Waals surface area (Å²) in [5.74, 6) is -7.04. The van der Waals surface area contributed by atoms with Gasteiger partial charge in [-0.05, 0) is 11.7 Å². The number of amides is 1. The lowest BCUT2D eigenvalue weighted by Crippen LogP contribution is -2.26. The molecule has 0 radical (unpaired) electrons. The first-order valence-electron chi connectivity index (χ1n) is 5.20. The maximum absolute atomic E-state index is 13.5. The van der Waals surface area contributed by atoms with Gasteiger partial charge in [-0.15, -0.1) is 0 Å². The van der Waals surface area contributed by atoms with Crippen molar-refractivity contribution in [3.8, 4) is 0 Å². The highest BCUT2D eigenvalue weighted by molar-refractivity contribution is 7.80. The van der Waals surface area contributed by atoms with E-state index in [0.717, 1.165) is 4.90 Å². The number of carbonyl (C=O) groups is 1. The molecular weight excluding hydrogens is 270 g/mol. The Kier molecular flexibility index (Phi) is 3.52. The van der Waals surface area contributed by atoms with Crippen molar-refractivity contribution in [2.45, 2.75) is 6.42 Å². The van der Waals surface area contributed by atoms with E-state index in [2.05, 4.69) is 12.6 Å². The average molecular weight is 279 g/mol. The zero-order valence-corrected chi connectivity index (χ0v) is 9.98. The molecule has 2 rings (SSSR count). The maximum Gasteiger partial charge on any atom is 0.227 e. The van der Waals surface area contributed by atoms with E-state index in [0.29, 0.717) is 11.8 Å². The first kappa shape index (κ1) is 13.2. The van der Waals surface area contributed by atoms with Crippen molar-refractivity contribution in [2.24, 2.45) is 5.92 Å². The molecule has 1 aliphatic rings. The third kappa shape index (κ3) is 2.07. The van der Waals surface area contributed by atoms with Crippen LogP contribution < -0.4 is 4.90 Å². The summed E-state index contributed by atoms with van der Waals surface area (Å²) < 4.78 is 52.4. The van der Waals surface area contributed by atoms with Gasteiger partial charge in [0.2, 0.25) is 5.91 Å². The molecule has 0 aromatic heterocycles. The number of nitrogens with zero attached hydrogens (tertiary/aromatic N) is 1. The van der Waals surface area contributed by atoms with Crippen molar-refractivity contribution in [1.29, 1.82) is 0 Å². The second-order valence-electron chi connectivity index (χ2n) is 4.08. The monoisotopic (exact) mass is 279 g/mol. The summed E-state index contributed by atoms with van der Waals surface area (Å²) in [4.78, 5) is 12.5. The third-order valence-corrected chi connectivity index (χ3v) is 3.35. The van der Waals surface area contributed by atoms with Crippen LogP contribution in [0.1, 0.15) is 6.42 Å². The lowest BCUT2D eigenvalue weighted by Gasteiger charge is -2.17. The largest absolute Gasteiger partial charge is 0.309 e. The normalized spacial score (nSPS) is 19.7. The molecule has 2 nitrogen and oxygen atoms in total. The number of hydrogen-bond donors (Lipinski definition) is 1. The Morgan fingerprint density at radius 3 is 2.44 bits per heavy atom. The van der Waals surface area contributed by atoms with Gasteiger partial charge in [0.1, 0.15) is 0 Å². The van der Waals surface area contributed by atoms with Gasteiger partial charge in [-0.3, -0.25) is 4.79 Å². The molecule has 0 saturated carbocycles. The molecule has 1 aromatic carbocycles. The standard InChI is InChI=1S/C11H9F4NOS/c12-6-2-7(10(14)11(15)9(6)13)16-3-5(4-18)1-8(16)17/h2,5,18H,1,3-4H2. The van der Waals surface area contributed by atoms with Crippen LogP contribution in [0, 0.1) is 29.2 Å².